The number of sulfone groups is 1. The van der Waals surface area contributed by atoms with Gasteiger partial charge in [-0.3, -0.25) is 8.97 Å². The van der Waals surface area contributed by atoms with Crippen molar-refractivity contribution in [3.8, 4) is 5.75 Å². The standard InChI is InChI=1S/C24H44N3O4S/c1-11-27(9)15-13-14-24(27,3)18-26(7,8)23(28)19-16-22(32(29,30)12-2)20(25(4,5)6)17-21(19)31-10/h16-17H,11-15,18H2,1-10H3/q+3. The van der Waals surface area contributed by atoms with Crippen LogP contribution in [0.1, 0.15) is 44.0 Å². The van der Waals surface area contributed by atoms with Gasteiger partial charge in [0.05, 0.1) is 68.2 Å². The predicted octanol–water partition coefficient (Wildman–Crippen LogP) is 2.92. The molecule has 7 nitrogen and oxygen atoms in total. The highest BCUT2D eigenvalue weighted by atomic mass is 32.2. The highest BCUT2D eigenvalue weighted by Crippen LogP contribution is 2.39. The van der Waals surface area contributed by atoms with E-state index in [0.29, 0.717) is 28.0 Å². The van der Waals surface area contributed by atoms with Gasteiger partial charge in [-0.15, -0.1) is 0 Å². The molecule has 2 unspecified atom stereocenters. The van der Waals surface area contributed by atoms with Crippen molar-refractivity contribution in [1.82, 2.24) is 4.48 Å². The summed E-state index contributed by atoms with van der Waals surface area (Å²) in [7, 11) is 9.86. The zero-order valence-corrected chi connectivity index (χ0v) is 22.6. The molecule has 1 amide bonds. The van der Waals surface area contributed by atoms with Crippen molar-refractivity contribution in [3.05, 3.63) is 17.7 Å². The molecule has 2 rings (SSSR count). The summed E-state index contributed by atoms with van der Waals surface area (Å²) in [6.45, 7) is 8.92. The Morgan fingerprint density at radius 1 is 1.16 bits per heavy atom. The lowest BCUT2D eigenvalue weighted by atomic mass is 9.94. The van der Waals surface area contributed by atoms with Gasteiger partial charge in [0.15, 0.2) is 15.5 Å². The largest absolute Gasteiger partial charge is 0.496 e. The van der Waals surface area contributed by atoms with Crippen LogP contribution in [0.2, 0.25) is 0 Å². The molecule has 0 aliphatic carbocycles. The van der Waals surface area contributed by atoms with Gasteiger partial charge in [-0.05, 0) is 19.9 Å². The van der Waals surface area contributed by atoms with Crippen molar-refractivity contribution in [2.75, 3.05) is 74.8 Å². The van der Waals surface area contributed by atoms with Crippen LogP contribution in [0, 0.1) is 0 Å². The summed E-state index contributed by atoms with van der Waals surface area (Å²) >= 11 is 0. The maximum Gasteiger partial charge on any atom is 0.349 e. The monoisotopic (exact) mass is 470 g/mol. The van der Waals surface area contributed by atoms with E-state index in [1.165, 1.54) is 7.11 Å². The van der Waals surface area contributed by atoms with Gasteiger partial charge in [-0.1, -0.05) is 6.92 Å². The van der Waals surface area contributed by atoms with Crippen LogP contribution in [0.4, 0.5) is 5.69 Å². The van der Waals surface area contributed by atoms with Gasteiger partial charge < -0.3 is 9.22 Å². The smallest absolute Gasteiger partial charge is 0.349 e. The quantitative estimate of drug-likeness (QED) is 0.548. The molecule has 1 aliphatic rings. The van der Waals surface area contributed by atoms with E-state index in [1.54, 1.807) is 19.1 Å². The Kier molecular flexibility index (Phi) is 7.28. The normalized spacial score (nSPS) is 24.6. The van der Waals surface area contributed by atoms with Crippen molar-refractivity contribution < 1.29 is 26.9 Å². The lowest BCUT2D eigenvalue weighted by molar-refractivity contribution is -0.968. The summed E-state index contributed by atoms with van der Waals surface area (Å²) in [5.41, 5.74) is 0.916. The van der Waals surface area contributed by atoms with E-state index in [1.807, 2.05) is 35.2 Å². The molecule has 1 aliphatic heterocycles. The number of likely N-dealkylation sites (N-methyl/N-ethyl adjacent to an activating group) is 2. The third-order valence-electron chi connectivity index (χ3n) is 7.60. The molecule has 0 radical (unpaired) electrons. The number of rotatable bonds is 8. The van der Waals surface area contributed by atoms with Gasteiger partial charge >= 0.3 is 5.91 Å². The average Bonchev–Trinajstić information content (AvgIpc) is 2.99. The van der Waals surface area contributed by atoms with Gasteiger partial charge in [0.1, 0.15) is 28.3 Å². The van der Waals surface area contributed by atoms with Crippen LogP contribution in [0.3, 0.4) is 0 Å². The number of hydrogen-bond acceptors (Lipinski definition) is 4. The van der Waals surface area contributed by atoms with Gasteiger partial charge in [0, 0.05) is 18.9 Å². The Morgan fingerprint density at radius 2 is 1.75 bits per heavy atom. The first kappa shape index (κ1) is 26.8. The van der Waals surface area contributed by atoms with Crippen LogP contribution < -0.4 is 9.22 Å². The number of likely N-dealkylation sites (tertiary alicyclic amines) is 1. The number of nitrogens with zero attached hydrogens (tertiary/aromatic N) is 3. The average molecular weight is 471 g/mol. The lowest BCUT2D eigenvalue weighted by Gasteiger charge is -2.46. The summed E-state index contributed by atoms with van der Waals surface area (Å²) in [4.78, 5) is 14.1. The van der Waals surface area contributed by atoms with Gasteiger partial charge in [0.2, 0.25) is 0 Å². The molecule has 32 heavy (non-hydrogen) atoms. The molecule has 0 saturated carbocycles. The SMILES string of the molecule is CC[N+]1(C)CCCC1(C)C[N+](C)(C)C(=O)c1cc(S(=O)(=O)CC)c([N+](C)(C)C)cc1OC. The van der Waals surface area contributed by atoms with Crippen molar-refractivity contribution in [3.63, 3.8) is 0 Å². The molecule has 0 spiro atoms. The molecule has 0 bridgehead atoms. The number of carbonyl (C=O) groups excluding carboxylic acids is 1. The molecule has 1 heterocycles. The van der Waals surface area contributed by atoms with Crippen molar-refractivity contribution in [1.29, 1.82) is 0 Å². The Morgan fingerprint density at radius 3 is 2.22 bits per heavy atom. The first-order chi connectivity index (χ1) is 14.5. The summed E-state index contributed by atoms with van der Waals surface area (Å²) < 4.78 is 33.0. The second-order valence-electron chi connectivity index (χ2n) is 11.1. The van der Waals surface area contributed by atoms with E-state index in [0.717, 1.165) is 30.4 Å². The molecule has 2 atom stereocenters. The Labute approximate surface area is 195 Å². The summed E-state index contributed by atoms with van der Waals surface area (Å²) in [5.74, 6) is 0.268. The number of ether oxygens (including phenoxy) is 1. The molecular weight excluding hydrogens is 426 g/mol. The third kappa shape index (κ3) is 4.74. The third-order valence-corrected chi connectivity index (χ3v) is 9.36. The second kappa shape index (κ2) is 8.70. The first-order valence-corrected chi connectivity index (χ1v) is 13.1. The molecule has 0 N–H and O–H groups in total. The number of benzene rings is 1. The topological polar surface area (TPSA) is 60.4 Å². The number of carbonyl (C=O) groups is 1. The number of amides is 1. The lowest BCUT2D eigenvalue weighted by Crippen LogP contribution is -2.65. The Balaban J connectivity index is 2.63. The zero-order chi connectivity index (χ0) is 24.8. The van der Waals surface area contributed by atoms with Gasteiger partial charge in [-0.25, -0.2) is 13.2 Å². The Bertz CT molecular complexity index is 982. The minimum absolute atomic E-state index is 0.0252. The summed E-state index contributed by atoms with van der Waals surface area (Å²) in [5, 5.41) is 0. The maximum atomic E-state index is 13.9. The fraction of sp³-hybridized carbons (Fsp3) is 0.708. The number of quaternary nitrogens is 3. The van der Waals surface area contributed by atoms with Crippen LogP contribution >= 0.6 is 0 Å². The summed E-state index contributed by atoms with van der Waals surface area (Å²) in [6.07, 6.45) is 2.22. The van der Waals surface area contributed by atoms with E-state index in [9.17, 15) is 13.2 Å². The molecule has 8 heteroatoms. The highest BCUT2D eigenvalue weighted by Gasteiger charge is 2.53. The molecule has 1 fully saturated rings. The maximum absolute atomic E-state index is 13.9. The van der Waals surface area contributed by atoms with E-state index in [4.69, 9.17) is 4.74 Å². The van der Waals surface area contributed by atoms with E-state index < -0.39 is 9.84 Å². The van der Waals surface area contributed by atoms with Gasteiger partial charge in [0.25, 0.3) is 0 Å². The fourth-order valence-electron chi connectivity index (χ4n) is 5.20. The molecule has 1 aromatic rings. The predicted molar refractivity (Wildman–Crippen MR) is 131 cm³/mol. The van der Waals surface area contributed by atoms with Crippen LogP contribution in [-0.4, -0.2) is 104 Å². The van der Waals surface area contributed by atoms with Crippen LogP contribution in [0.15, 0.2) is 17.0 Å². The minimum atomic E-state index is -3.53. The van der Waals surface area contributed by atoms with Crippen LogP contribution in [0.25, 0.3) is 0 Å². The molecule has 1 saturated heterocycles. The van der Waals surface area contributed by atoms with Crippen LogP contribution in [0.5, 0.6) is 5.75 Å². The van der Waals surface area contributed by atoms with E-state index in [2.05, 4.69) is 20.9 Å². The van der Waals surface area contributed by atoms with Gasteiger partial charge in [-0.2, -0.15) is 0 Å². The molecule has 1 aromatic carbocycles. The van der Waals surface area contributed by atoms with Crippen molar-refractivity contribution in [2.24, 2.45) is 0 Å². The Hall–Kier alpha value is -1.48. The highest BCUT2D eigenvalue weighted by molar-refractivity contribution is 7.91. The minimum Gasteiger partial charge on any atom is -0.496 e. The molecular formula is C24H44N3O4S+3. The number of methoxy groups -OCH3 is 1. The zero-order valence-electron chi connectivity index (χ0n) is 21.8. The number of hydrogen-bond donors (Lipinski definition) is 0. The van der Waals surface area contributed by atoms with Crippen molar-refractivity contribution >= 4 is 21.4 Å². The van der Waals surface area contributed by atoms with E-state index >= 15 is 0 Å². The first-order valence-electron chi connectivity index (χ1n) is 11.5. The van der Waals surface area contributed by atoms with Crippen LogP contribution in [-0.2, 0) is 9.84 Å². The van der Waals surface area contributed by atoms with Crippen molar-refractivity contribution in [2.45, 2.75) is 44.0 Å². The molecule has 182 valence electrons. The summed E-state index contributed by atoms with van der Waals surface area (Å²) in [6, 6.07) is 3.27. The second-order valence-corrected chi connectivity index (χ2v) is 13.4. The fourth-order valence-corrected chi connectivity index (χ4v) is 6.46. The van der Waals surface area contributed by atoms with E-state index in [-0.39, 0.29) is 26.6 Å². The molecule has 0 aromatic heterocycles.